The van der Waals surface area contributed by atoms with Crippen molar-refractivity contribution in [3.8, 4) is 0 Å². The van der Waals surface area contributed by atoms with Gasteiger partial charge in [-0.15, -0.1) is 11.3 Å². The quantitative estimate of drug-likeness (QED) is 0.927. The molecule has 1 N–H and O–H groups in total. The van der Waals surface area contributed by atoms with E-state index in [1.54, 1.807) is 0 Å². The first-order chi connectivity index (χ1) is 9.22. The molecule has 1 aliphatic heterocycles. The van der Waals surface area contributed by atoms with Gasteiger partial charge in [0, 0.05) is 16.1 Å². The number of nitrogens with zero attached hydrogens (tertiary/aromatic N) is 1. The molecule has 2 aromatic rings. The van der Waals surface area contributed by atoms with E-state index in [9.17, 15) is 5.11 Å². The van der Waals surface area contributed by atoms with Crippen molar-refractivity contribution in [2.45, 2.75) is 32.4 Å². The van der Waals surface area contributed by atoms with Crippen LogP contribution in [-0.2, 0) is 6.54 Å². The Kier molecular flexibility index (Phi) is 3.87. The molecule has 1 atom stereocenters. The summed E-state index contributed by atoms with van der Waals surface area (Å²) < 4.78 is 1.39. The molecule has 0 saturated carbocycles. The molecule has 0 bridgehead atoms. The average molecular weight is 275 g/mol. The maximum absolute atomic E-state index is 9.63. The molecule has 102 valence electrons. The molecule has 0 spiro atoms. The Labute approximate surface area is 118 Å². The van der Waals surface area contributed by atoms with Crippen molar-refractivity contribution in [2.24, 2.45) is 5.92 Å². The lowest BCUT2D eigenvalue weighted by Crippen LogP contribution is -2.36. The highest BCUT2D eigenvalue weighted by Crippen LogP contribution is 2.28. The summed E-state index contributed by atoms with van der Waals surface area (Å²) in [5, 5.41) is 11.0. The summed E-state index contributed by atoms with van der Waals surface area (Å²) in [4.78, 5) is 3.97. The topological polar surface area (TPSA) is 23.5 Å². The van der Waals surface area contributed by atoms with Crippen LogP contribution in [0.5, 0.6) is 0 Å². The van der Waals surface area contributed by atoms with E-state index in [4.69, 9.17) is 0 Å². The van der Waals surface area contributed by atoms with Gasteiger partial charge in [0.05, 0.1) is 6.10 Å². The Bertz CT molecular complexity index is 507. The maximum Gasteiger partial charge on any atom is 0.0541 e. The van der Waals surface area contributed by atoms with Crippen LogP contribution in [0.15, 0.2) is 30.3 Å². The second-order valence-corrected chi connectivity index (χ2v) is 6.77. The number of fused-ring (bicyclic) bond motifs is 1. The zero-order chi connectivity index (χ0) is 13.2. The maximum atomic E-state index is 9.63. The Hall–Kier alpha value is -0.900. The van der Waals surface area contributed by atoms with Crippen molar-refractivity contribution in [2.75, 3.05) is 13.1 Å². The highest BCUT2D eigenvalue weighted by molar-refractivity contribution is 7.19. The van der Waals surface area contributed by atoms with E-state index in [1.165, 1.54) is 15.0 Å². The molecular weight excluding hydrogens is 254 g/mol. The van der Waals surface area contributed by atoms with Gasteiger partial charge in [-0.2, -0.15) is 0 Å². The molecule has 2 heterocycles. The standard InChI is InChI=1S/C16H21NOS/c1-12(18)13-6-8-17(9-7-13)11-15-10-14-4-2-3-5-16(14)19-15/h2-5,10,12-13,18H,6-9,11H2,1H3. The van der Waals surface area contributed by atoms with Gasteiger partial charge in [0.2, 0.25) is 0 Å². The number of hydrogen-bond acceptors (Lipinski definition) is 3. The zero-order valence-electron chi connectivity index (χ0n) is 11.4. The van der Waals surface area contributed by atoms with E-state index in [1.807, 2.05) is 18.3 Å². The molecule has 3 heteroatoms. The SMILES string of the molecule is CC(O)C1CCN(Cc2cc3ccccc3s2)CC1. The van der Waals surface area contributed by atoms with Gasteiger partial charge in [0.1, 0.15) is 0 Å². The number of hydrogen-bond donors (Lipinski definition) is 1. The van der Waals surface area contributed by atoms with E-state index >= 15 is 0 Å². The molecule has 1 aliphatic rings. The monoisotopic (exact) mass is 275 g/mol. The molecule has 1 aromatic carbocycles. The largest absolute Gasteiger partial charge is 0.393 e. The first kappa shape index (κ1) is 13.1. The van der Waals surface area contributed by atoms with Crippen molar-refractivity contribution >= 4 is 21.4 Å². The van der Waals surface area contributed by atoms with Crippen molar-refractivity contribution in [1.29, 1.82) is 0 Å². The smallest absolute Gasteiger partial charge is 0.0541 e. The van der Waals surface area contributed by atoms with Crippen LogP contribution in [0.25, 0.3) is 10.1 Å². The number of rotatable bonds is 3. The van der Waals surface area contributed by atoms with Gasteiger partial charge in [-0.25, -0.2) is 0 Å². The summed E-state index contributed by atoms with van der Waals surface area (Å²) in [6.45, 7) is 5.21. The fourth-order valence-corrected chi connectivity index (χ4v) is 4.04. The number of aliphatic hydroxyl groups is 1. The second kappa shape index (κ2) is 5.61. The number of aliphatic hydroxyl groups excluding tert-OH is 1. The number of benzene rings is 1. The molecule has 0 aliphatic carbocycles. The fourth-order valence-electron chi connectivity index (χ4n) is 2.93. The summed E-state index contributed by atoms with van der Waals surface area (Å²) in [6.07, 6.45) is 2.11. The van der Waals surface area contributed by atoms with Crippen LogP contribution in [0.3, 0.4) is 0 Å². The zero-order valence-corrected chi connectivity index (χ0v) is 12.2. The lowest BCUT2D eigenvalue weighted by atomic mass is 9.92. The third-order valence-corrected chi connectivity index (χ3v) is 5.27. The minimum absolute atomic E-state index is 0.147. The third kappa shape index (κ3) is 2.99. The van der Waals surface area contributed by atoms with Crippen LogP contribution in [0.1, 0.15) is 24.6 Å². The number of thiophene rings is 1. The summed E-state index contributed by atoms with van der Waals surface area (Å²) >= 11 is 1.91. The number of likely N-dealkylation sites (tertiary alicyclic amines) is 1. The van der Waals surface area contributed by atoms with Crippen LogP contribution < -0.4 is 0 Å². The van der Waals surface area contributed by atoms with E-state index in [0.29, 0.717) is 5.92 Å². The highest BCUT2D eigenvalue weighted by Gasteiger charge is 2.22. The predicted molar refractivity (Wildman–Crippen MR) is 81.5 cm³/mol. The van der Waals surface area contributed by atoms with Gasteiger partial charge in [-0.3, -0.25) is 4.90 Å². The Morgan fingerprint density at radius 1 is 1.32 bits per heavy atom. The lowest BCUT2D eigenvalue weighted by molar-refractivity contribution is 0.0699. The number of piperidine rings is 1. The van der Waals surface area contributed by atoms with Gasteiger partial charge in [-0.05, 0) is 56.3 Å². The first-order valence-electron chi connectivity index (χ1n) is 7.10. The molecule has 1 fully saturated rings. The summed E-state index contributed by atoms with van der Waals surface area (Å²) in [5.41, 5.74) is 0. The fraction of sp³-hybridized carbons (Fsp3) is 0.500. The Balaban J connectivity index is 1.63. The summed E-state index contributed by atoms with van der Waals surface area (Å²) in [5.74, 6) is 0.499. The van der Waals surface area contributed by atoms with E-state index in [-0.39, 0.29) is 6.10 Å². The van der Waals surface area contributed by atoms with Crippen molar-refractivity contribution in [3.63, 3.8) is 0 Å². The normalized spacial score (nSPS) is 19.9. The molecule has 19 heavy (non-hydrogen) atoms. The van der Waals surface area contributed by atoms with E-state index < -0.39 is 0 Å². The molecule has 3 rings (SSSR count). The van der Waals surface area contributed by atoms with Crippen LogP contribution in [0.2, 0.25) is 0 Å². The first-order valence-corrected chi connectivity index (χ1v) is 7.92. The van der Waals surface area contributed by atoms with Crippen molar-refractivity contribution < 1.29 is 5.11 Å². The Morgan fingerprint density at radius 3 is 2.74 bits per heavy atom. The molecule has 0 amide bonds. The summed E-state index contributed by atoms with van der Waals surface area (Å²) in [7, 11) is 0. The second-order valence-electron chi connectivity index (χ2n) is 5.60. The lowest BCUT2D eigenvalue weighted by Gasteiger charge is -2.32. The molecular formula is C16H21NOS. The highest BCUT2D eigenvalue weighted by atomic mass is 32.1. The van der Waals surface area contributed by atoms with Crippen LogP contribution in [-0.4, -0.2) is 29.2 Å². The molecule has 1 unspecified atom stereocenters. The van der Waals surface area contributed by atoms with Crippen molar-refractivity contribution in [3.05, 3.63) is 35.2 Å². The van der Waals surface area contributed by atoms with Crippen molar-refractivity contribution in [1.82, 2.24) is 4.90 Å². The van der Waals surface area contributed by atoms with Crippen LogP contribution in [0, 0.1) is 5.92 Å². The molecule has 1 aromatic heterocycles. The van der Waals surface area contributed by atoms with Gasteiger partial charge >= 0.3 is 0 Å². The van der Waals surface area contributed by atoms with Gasteiger partial charge in [-0.1, -0.05) is 18.2 Å². The summed E-state index contributed by atoms with van der Waals surface area (Å²) in [6, 6.07) is 10.9. The van der Waals surface area contributed by atoms with Crippen LogP contribution >= 0.6 is 11.3 Å². The van der Waals surface area contributed by atoms with E-state index in [2.05, 4.69) is 35.2 Å². The van der Waals surface area contributed by atoms with Gasteiger partial charge in [0.25, 0.3) is 0 Å². The predicted octanol–water partition coefficient (Wildman–Crippen LogP) is 3.49. The van der Waals surface area contributed by atoms with Gasteiger partial charge < -0.3 is 5.11 Å². The molecule has 2 nitrogen and oxygen atoms in total. The minimum atomic E-state index is -0.147. The van der Waals surface area contributed by atoms with Crippen LogP contribution in [0.4, 0.5) is 0 Å². The molecule has 0 radical (unpaired) electrons. The third-order valence-electron chi connectivity index (χ3n) is 4.17. The Morgan fingerprint density at radius 2 is 2.05 bits per heavy atom. The molecule has 1 saturated heterocycles. The average Bonchev–Trinajstić information content (AvgIpc) is 2.81. The van der Waals surface area contributed by atoms with Gasteiger partial charge in [0.15, 0.2) is 0 Å². The minimum Gasteiger partial charge on any atom is -0.393 e. The van der Waals surface area contributed by atoms with E-state index in [0.717, 1.165) is 32.5 Å².